The molecule has 4 heteroatoms. The van der Waals surface area contributed by atoms with E-state index in [1.54, 1.807) is 4.90 Å². The Morgan fingerprint density at radius 3 is 2.53 bits per heavy atom. The SMILES string of the molecule is CCC(C)N(CC)C(=O)c1cc(N)cc(F)c1. The summed E-state index contributed by atoms with van der Waals surface area (Å²) in [5.41, 5.74) is 6.12. The topological polar surface area (TPSA) is 46.3 Å². The van der Waals surface area contributed by atoms with Gasteiger partial charge in [-0.25, -0.2) is 4.39 Å². The van der Waals surface area contributed by atoms with E-state index in [9.17, 15) is 9.18 Å². The molecule has 1 amide bonds. The fourth-order valence-corrected chi connectivity index (χ4v) is 1.78. The second-order valence-electron chi connectivity index (χ2n) is 4.12. The van der Waals surface area contributed by atoms with E-state index in [2.05, 4.69) is 0 Å². The average molecular weight is 238 g/mol. The molecule has 0 bridgehead atoms. The zero-order chi connectivity index (χ0) is 13.0. The van der Waals surface area contributed by atoms with Gasteiger partial charge in [0.15, 0.2) is 0 Å². The van der Waals surface area contributed by atoms with E-state index in [-0.39, 0.29) is 17.6 Å². The molecule has 1 aromatic carbocycles. The number of hydrogen-bond acceptors (Lipinski definition) is 2. The van der Waals surface area contributed by atoms with Crippen LogP contribution < -0.4 is 5.73 Å². The second-order valence-corrected chi connectivity index (χ2v) is 4.12. The van der Waals surface area contributed by atoms with Crippen molar-refractivity contribution in [1.82, 2.24) is 4.90 Å². The van der Waals surface area contributed by atoms with Crippen LogP contribution in [0, 0.1) is 5.82 Å². The Morgan fingerprint density at radius 2 is 2.06 bits per heavy atom. The van der Waals surface area contributed by atoms with Gasteiger partial charge in [0.2, 0.25) is 0 Å². The Balaban J connectivity index is 3.01. The molecule has 1 rings (SSSR count). The lowest BCUT2D eigenvalue weighted by Gasteiger charge is -2.27. The summed E-state index contributed by atoms with van der Waals surface area (Å²) < 4.78 is 13.2. The van der Waals surface area contributed by atoms with E-state index in [0.717, 1.165) is 6.42 Å². The van der Waals surface area contributed by atoms with Gasteiger partial charge in [0.05, 0.1) is 0 Å². The van der Waals surface area contributed by atoms with Gasteiger partial charge in [0.25, 0.3) is 5.91 Å². The number of amides is 1. The van der Waals surface area contributed by atoms with Crippen LogP contribution >= 0.6 is 0 Å². The lowest BCUT2D eigenvalue weighted by Crippen LogP contribution is -2.38. The maximum atomic E-state index is 13.2. The minimum Gasteiger partial charge on any atom is -0.399 e. The van der Waals surface area contributed by atoms with Gasteiger partial charge in [-0.2, -0.15) is 0 Å². The zero-order valence-corrected chi connectivity index (χ0v) is 10.5. The molecule has 17 heavy (non-hydrogen) atoms. The number of nitrogen functional groups attached to an aromatic ring is 1. The monoisotopic (exact) mass is 238 g/mol. The van der Waals surface area contributed by atoms with Crippen molar-refractivity contribution in [3.8, 4) is 0 Å². The highest BCUT2D eigenvalue weighted by Gasteiger charge is 2.19. The molecule has 2 N–H and O–H groups in total. The van der Waals surface area contributed by atoms with E-state index in [1.165, 1.54) is 18.2 Å². The van der Waals surface area contributed by atoms with Crippen molar-refractivity contribution >= 4 is 11.6 Å². The fourth-order valence-electron chi connectivity index (χ4n) is 1.78. The summed E-state index contributed by atoms with van der Waals surface area (Å²) in [6.45, 7) is 6.50. The highest BCUT2D eigenvalue weighted by Crippen LogP contribution is 2.15. The van der Waals surface area contributed by atoms with Crippen LogP contribution in [0.2, 0.25) is 0 Å². The average Bonchev–Trinajstić information content (AvgIpc) is 2.28. The summed E-state index contributed by atoms with van der Waals surface area (Å²) in [6.07, 6.45) is 0.865. The molecule has 1 unspecified atom stereocenters. The molecule has 0 saturated heterocycles. The Morgan fingerprint density at radius 1 is 1.41 bits per heavy atom. The van der Waals surface area contributed by atoms with Crippen molar-refractivity contribution in [1.29, 1.82) is 0 Å². The molecule has 1 aromatic rings. The number of hydrogen-bond donors (Lipinski definition) is 1. The molecule has 0 radical (unpaired) electrons. The third-order valence-corrected chi connectivity index (χ3v) is 2.89. The fraction of sp³-hybridized carbons (Fsp3) is 0.462. The smallest absolute Gasteiger partial charge is 0.254 e. The number of carbonyl (C=O) groups excluding carboxylic acids is 1. The number of nitrogens with zero attached hydrogens (tertiary/aromatic N) is 1. The Labute approximate surface area is 101 Å². The van der Waals surface area contributed by atoms with Crippen LogP contribution in [0.5, 0.6) is 0 Å². The molecule has 0 spiro atoms. The van der Waals surface area contributed by atoms with Crippen LogP contribution in [-0.4, -0.2) is 23.4 Å². The van der Waals surface area contributed by atoms with Crippen LogP contribution in [0.1, 0.15) is 37.6 Å². The molecule has 0 aliphatic carbocycles. The molecule has 0 saturated carbocycles. The van der Waals surface area contributed by atoms with Crippen LogP contribution in [0.25, 0.3) is 0 Å². The first-order chi connectivity index (χ1) is 7.99. The normalized spacial score (nSPS) is 12.2. The number of anilines is 1. The molecular weight excluding hydrogens is 219 g/mol. The molecule has 0 heterocycles. The lowest BCUT2D eigenvalue weighted by molar-refractivity contribution is 0.0699. The summed E-state index contributed by atoms with van der Waals surface area (Å²) in [7, 11) is 0. The van der Waals surface area contributed by atoms with Gasteiger partial charge >= 0.3 is 0 Å². The van der Waals surface area contributed by atoms with Crippen molar-refractivity contribution in [2.75, 3.05) is 12.3 Å². The predicted molar refractivity (Wildman–Crippen MR) is 67.3 cm³/mol. The van der Waals surface area contributed by atoms with Gasteiger partial charge in [0.1, 0.15) is 5.82 Å². The lowest BCUT2D eigenvalue weighted by atomic mass is 10.1. The number of rotatable bonds is 4. The van der Waals surface area contributed by atoms with Gasteiger partial charge in [-0.05, 0) is 38.5 Å². The summed E-state index contributed by atoms with van der Waals surface area (Å²) in [4.78, 5) is 13.9. The van der Waals surface area contributed by atoms with Crippen molar-refractivity contribution in [3.05, 3.63) is 29.6 Å². The summed E-state index contributed by atoms with van der Waals surface area (Å²) in [5, 5.41) is 0. The molecule has 0 aliphatic heterocycles. The van der Waals surface area contributed by atoms with E-state index in [1.807, 2.05) is 20.8 Å². The van der Waals surface area contributed by atoms with Crippen molar-refractivity contribution < 1.29 is 9.18 Å². The number of halogens is 1. The van der Waals surface area contributed by atoms with Crippen LogP contribution in [0.4, 0.5) is 10.1 Å². The second kappa shape index (κ2) is 5.66. The van der Waals surface area contributed by atoms with Gasteiger partial charge < -0.3 is 10.6 Å². The zero-order valence-electron chi connectivity index (χ0n) is 10.5. The van der Waals surface area contributed by atoms with Crippen LogP contribution in [0.3, 0.4) is 0 Å². The third kappa shape index (κ3) is 3.19. The first kappa shape index (κ1) is 13.5. The summed E-state index contributed by atoms with van der Waals surface area (Å²) >= 11 is 0. The maximum absolute atomic E-state index is 13.2. The Hall–Kier alpha value is -1.58. The molecular formula is C13H19FN2O. The maximum Gasteiger partial charge on any atom is 0.254 e. The van der Waals surface area contributed by atoms with E-state index in [0.29, 0.717) is 12.1 Å². The van der Waals surface area contributed by atoms with Gasteiger partial charge in [-0.3, -0.25) is 4.79 Å². The van der Waals surface area contributed by atoms with E-state index in [4.69, 9.17) is 5.73 Å². The standard InChI is InChI=1S/C13H19FN2O/c1-4-9(3)16(5-2)13(17)10-6-11(14)8-12(15)7-10/h6-9H,4-5,15H2,1-3H3. The van der Waals surface area contributed by atoms with Crippen LogP contribution in [0.15, 0.2) is 18.2 Å². The van der Waals surface area contributed by atoms with Gasteiger partial charge in [0, 0.05) is 23.8 Å². The minimum absolute atomic E-state index is 0.136. The molecule has 1 atom stereocenters. The molecule has 3 nitrogen and oxygen atoms in total. The highest BCUT2D eigenvalue weighted by molar-refractivity contribution is 5.95. The van der Waals surface area contributed by atoms with Crippen molar-refractivity contribution in [3.63, 3.8) is 0 Å². The molecule has 94 valence electrons. The van der Waals surface area contributed by atoms with Gasteiger partial charge in [-0.1, -0.05) is 6.92 Å². The summed E-state index contributed by atoms with van der Waals surface area (Å²) in [6, 6.07) is 4.08. The first-order valence-corrected chi connectivity index (χ1v) is 5.86. The number of benzene rings is 1. The third-order valence-electron chi connectivity index (χ3n) is 2.89. The molecule has 0 fully saturated rings. The van der Waals surface area contributed by atoms with E-state index >= 15 is 0 Å². The molecule has 0 aliphatic rings. The molecule has 0 aromatic heterocycles. The number of carbonyl (C=O) groups is 1. The van der Waals surface area contributed by atoms with Crippen molar-refractivity contribution in [2.45, 2.75) is 33.2 Å². The quantitative estimate of drug-likeness (QED) is 0.820. The van der Waals surface area contributed by atoms with Crippen molar-refractivity contribution in [2.24, 2.45) is 0 Å². The largest absolute Gasteiger partial charge is 0.399 e. The summed E-state index contributed by atoms with van der Waals surface area (Å²) in [5.74, 6) is -0.651. The minimum atomic E-state index is -0.478. The first-order valence-electron chi connectivity index (χ1n) is 5.86. The van der Waals surface area contributed by atoms with E-state index < -0.39 is 5.82 Å². The van der Waals surface area contributed by atoms with Crippen LogP contribution in [-0.2, 0) is 0 Å². The highest BCUT2D eigenvalue weighted by atomic mass is 19.1. The Bertz CT molecular complexity index is 386. The van der Waals surface area contributed by atoms with Gasteiger partial charge in [-0.15, -0.1) is 0 Å². The number of nitrogens with two attached hydrogens (primary N) is 1. The predicted octanol–water partition coefficient (Wildman–Crippen LogP) is 2.67. The Kier molecular flexibility index (Phi) is 4.49.